The number of benzene rings is 2. The molecule has 3 rings (SSSR count). The Kier molecular flexibility index (Phi) is 5.76. The fourth-order valence-electron chi connectivity index (χ4n) is 2.46. The summed E-state index contributed by atoms with van der Waals surface area (Å²) in [5.74, 6) is -0.256. The standard InChI is InChI=1S/C20H19N3O2S/c1-14-7-5-6-10-17(14)22-19(25)12-16-13-26-20(21-16)23-18(24)11-15-8-3-2-4-9-15/h2-10,13H,11-12H2,1H3,(H,22,25)(H,21,23,24). The van der Waals surface area contributed by atoms with Crippen molar-refractivity contribution in [3.63, 3.8) is 0 Å². The number of amides is 2. The molecule has 0 aliphatic heterocycles. The number of hydrogen-bond donors (Lipinski definition) is 2. The molecule has 0 spiro atoms. The molecule has 2 amide bonds. The SMILES string of the molecule is Cc1ccccc1NC(=O)Cc1csc(NC(=O)Cc2ccccc2)n1. The zero-order valence-corrected chi connectivity index (χ0v) is 15.2. The first-order chi connectivity index (χ1) is 12.6. The van der Waals surface area contributed by atoms with Crippen molar-refractivity contribution in [2.24, 2.45) is 0 Å². The van der Waals surface area contributed by atoms with Gasteiger partial charge in [-0.15, -0.1) is 11.3 Å². The van der Waals surface area contributed by atoms with Gasteiger partial charge in [0.15, 0.2) is 5.13 Å². The summed E-state index contributed by atoms with van der Waals surface area (Å²) in [5.41, 5.74) is 3.38. The summed E-state index contributed by atoms with van der Waals surface area (Å²) in [4.78, 5) is 28.6. The highest BCUT2D eigenvalue weighted by molar-refractivity contribution is 7.13. The molecule has 0 unspecified atom stereocenters. The minimum atomic E-state index is -0.133. The van der Waals surface area contributed by atoms with Gasteiger partial charge in [-0.2, -0.15) is 0 Å². The maximum atomic E-state index is 12.2. The van der Waals surface area contributed by atoms with Crippen LogP contribution in [-0.2, 0) is 22.4 Å². The molecule has 2 aromatic carbocycles. The molecule has 132 valence electrons. The van der Waals surface area contributed by atoms with Gasteiger partial charge in [-0.25, -0.2) is 4.98 Å². The van der Waals surface area contributed by atoms with Crippen LogP contribution in [0, 0.1) is 6.92 Å². The molecule has 5 nitrogen and oxygen atoms in total. The zero-order valence-electron chi connectivity index (χ0n) is 14.4. The molecular weight excluding hydrogens is 346 g/mol. The Morgan fingerprint density at radius 2 is 1.62 bits per heavy atom. The lowest BCUT2D eigenvalue weighted by Gasteiger charge is -2.06. The van der Waals surface area contributed by atoms with Crippen molar-refractivity contribution in [2.45, 2.75) is 19.8 Å². The van der Waals surface area contributed by atoms with Crippen LogP contribution in [-0.4, -0.2) is 16.8 Å². The summed E-state index contributed by atoms with van der Waals surface area (Å²) in [6.45, 7) is 1.94. The number of anilines is 2. The Morgan fingerprint density at radius 1 is 0.923 bits per heavy atom. The summed E-state index contributed by atoms with van der Waals surface area (Å²) in [5, 5.41) is 7.95. The molecule has 0 saturated heterocycles. The van der Waals surface area contributed by atoms with Gasteiger partial charge in [0.1, 0.15) is 0 Å². The summed E-state index contributed by atoms with van der Waals surface area (Å²) in [7, 11) is 0. The van der Waals surface area contributed by atoms with Crippen LogP contribution in [0.1, 0.15) is 16.8 Å². The first-order valence-corrected chi connectivity index (χ1v) is 9.12. The van der Waals surface area contributed by atoms with Crippen molar-refractivity contribution < 1.29 is 9.59 Å². The number of thiazole rings is 1. The Labute approximate surface area is 156 Å². The number of carbonyl (C=O) groups is 2. The minimum absolute atomic E-state index is 0.124. The van der Waals surface area contributed by atoms with Crippen molar-refractivity contribution >= 4 is 34.0 Å². The maximum absolute atomic E-state index is 12.2. The summed E-state index contributed by atoms with van der Waals surface area (Å²) in [6.07, 6.45) is 0.461. The molecule has 0 saturated carbocycles. The predicted octanol–water partition coefficient (Wildman–Crippen LogP) is 3.81. The fourth-order valence-corrected chi connectivity index (χ4v) is 3.19. The van der Waals surface area contributed by atoms with Gasteiger partial charge in [0.05, 0.1) is 18.5 Å². The molecule has 3 aromatic rings. The summed E-state index contributed by atoms with van der Waals surface area (Å²) >= 11 is 1.32. The Balaban J connectivity index is 1.53. The molecule has 0 atom stereocenters. The van der Waals surface area contributed by atoms with E-state index in [2.05, 4.69) is 15.6 Å². The van der Waals surface area contributed by atoms with Crippen molar-refractivity contribution in [1.29, 1.82) is 0 Å². The molecule has 6 heteroatoms. The molecule has 1 heterocycles. The summed E-state index contributed by atoms with van der Waals surface area (Å²) in [6, 6.07) is 17.1. The van der Waals surface area contributed by atoms with E-state index in [-0.39, 0.29) is 18.2 Å². The number of para-hydroxylation sites is 1. The normalized spacial score (nSPS) is 10.3. The van der Waals surface area contributed by atoms with Gasteiger partial charge in [-0.1, -0.05) is 48.5 Å². The molecule has 1 aromatic heterocycles. The zero-order chi connectivity index (χ0) is 18.4. The largest absolute Gasteiger partial charge is 0.326 e. The van der Waals surface area contributed by atoms with E-state index in [1.54, 1.807) is 5.38 Å². The van der Waals surface area contributed by atoms with Crippen molar-refractivity contribution in [3.8, 4) is 0 Å². The maximum Gasteiger partial charge on any atom is 0.230 e. The average Bonchev–Trinajstić information content (AvgIpc) is 3.04. The number of nitrogens with zero attached hydrogens (tertiary/aromatic N) is 1. The molecule has 0 radical (unpaired) electrons. The third kappa shape index (κ3) is 5.00. The second-order valence-electron chi connectivity index (χ2n) is 5.89. The van der Waals surface area contributed by atoms with Crippen LogP contribution in [0.5, 0.6) is 0 Å². The predicted molar refractivity (Wildman–Crippen MR) is 104 cm³/mol. The van der Waals surface area contributed by atoms with E-state index in [0.717, 1.165) is 16.8 Å². The van der Waals surface area contributed by atoms with E-state index < -0.39 is 0 Å². The van der Waals surface area contributed by atoms with Crippen LogP contribution in [0.15, 0.2) is 60.0 Å². The van der Waals surface area contributed by atoms with Gasteiger partial charge >= 0.3 is 0 Å². The van der Waals surface area contributed by atoms with E-state index in [4.69, 9.17) is 0 Å². The third-order valence-corrected chi connectivity index (χ3v) is 4.57. The topological polar surface area (TPSA) is 71.1 Å². The Bertz CT molecular complexity index is 906. The van der Waals surface area contributed by atoms with E-state index in [9.17, 15) is 9.59 Å². The average molecular weight is 365 g/mol. The van der Waals surface area contributed by atoms with Crippen LogP contribution in [0.2, 0.25) is 0 Å². The van der Waals surface area contributed by atoms with Gasteiger partial charge in [-0.3, -0.25) is 9.59 Å². The number of nitrogens with one attached hydrogen (secondary N) is 2. The van der Waals surface area contributed by atoms with Crippen molar-refractivity contribution in [2.75, 3.05) is 10.6 Å². The van der Waals surface area contributed by atoms with Gasteiger partial charge in [0.2, 0.25) is 11.8 Å². The highest BCUT2D eigenvalue weighted by Gasteiger charge is 2.11. The quantitative estimate of drug-likeness (QED) is 0.698. The fraction of sp³-hybridized carbons (Fsp3) is 0.150. The second-order valence-corrected chi connectivity index (χ2v) is 6.75. The number of aryl methyl sites for hydroxylation is 1. The monoisotopic (exact) mass is 365 g/mol. The lowest BCUT2D eigenvalue weighted by molar-refractivity contribution is -0.116. The van der Waals surface area contributed by atoms with Crippen LogP contribution in [0.25, 0.3) is 0 Å². The first-order valence-electron chi connectivity index (χ1n) is 8.24. The van der Waals surface area contributed by atoms with Gasteiger partial charge in [0, 0.05) is 11.1 Å². The molecule has 0 aliphatic rings. The van der Waals surface area contributed by atoms with Crippen molar-refractivity contribution in [1.82, 2.24) is 4.98 Å². The number of rotatable bonds is 6. The van der Waals surface area contributed by atoms with Crippen LogP contribution in [0.3, 0.4) is 0 Å². The van der Waals surface area contributed by atoms with E-state index in [1.807, 2.05) is 61.5 Å². The lowest BCUT2D eigenvalue weighted by Crippen LogP contribution is -2.16. The van der Waals surface area contributed by atoms with Crippen molar-refractivity contribution in [3.05, 3.63) is 76.8 Å². The Morgan fingerprint density at radius 3 is 2.38 bits per heavy atom. The highest BCUT2D eigenvalue weighted by Crippen LogP contribution is 2.18. The van der Waals surface area contributed by atoms with Crippen LogP contribution < -0.4 is 10.6 Å². The second kappa shape index (κ2) is 8.40. The Hall–Kier alpha value is -2.99. The van der Waals surface area contributed by atoms with Crippen LogP contribution >= 0.6 is 11.3 Å². The molecule has 2 N–H and O–H groups in total. The van der Waals surface area contributed by atoms with Gasteiger partial charge in [0.25, 0.3) is 0 Å². The van der Waals surface area contributed by atoms with Gasteiger partial charge < -0.3 is 10.6 Å². The molecule has 0 bridgehead atoms. The van der Waals surface area contributed by atoms with E-state index in [0.29, 0.717) is 17.2 Å². The van der Waals surface area contributed by atoms with Crippen LogP contribution in [0.4, 0.5) is 10.8 Å². The first kappa shape index (κ1) is 17.8. The molecule has 26 heavy (non-hydrogen) atoms. The number of hydrogen-bond acceptors (Lipinski definition) is 4. The molecule has 0 aliphatic carbocycles. The molecule has 0 fully saturated rings. The smallest absolute Gasteiger partial charge is 0.230 e. The molecular formula is C20H19N3O2S. The third-order valence-electron chi connectivity index (χ3n) is 3.77. The number of aromatic nitrogens is 1. The highest BCUT2D eigenvalue weighted by atomic mass is 32.1. The minimum Gasteiger partial charge on any atom is -0.326 e. The number of carbonyl (C=O) groups excluding carboxylic acids is 2. The summed E-state index contributed by atoms with van der Waals surface area (Å²) < 4.78 is 0. The van der Waals surface area contributed by atoms with Gasteiger partial charge in [-0.05, 0) is 24.1 Å². The van der Waals surface area contributed by atoms with E-state index >= 15 is 0 Å². The van der Waals surface area contributed by atoms with E-state index in [1.165, 1.54) is 11.3 Å². The lowest BCUT2D eigenvalue weighted by atomic mass is 10.1.